The van der Waals surface area contributed by atoms with Crippen molar-refractivity contribution in [1.82, 2.24) is 0 Å². The summed E-state index contributed by atoms with van der Waals surface area (Å²) < 4.78 is 57.4. The van der Waals surface area contributed by atoms with Gasteiger partial charge in [0.2, 0.25) is 0 Å². The van der Waals surface area contributed by atoms with Crippen LogP contribution in [0.25, 0.3) is 0 Å². The lowest BCUT2D eigenvalue weighted by molar-refractivity contribution is -0.333. The molecule has 240 valence electrons. The number of alkyl halides is 3. The summed E-state index contributed by atoms with van der Waals surface area (Å²) in [7, 11) is -0.961. The highest BCUT2D eigenvalue weighted by molar-refractivity contribution is 6.69. The Balaban J connectivity index is 1.58. The zero-order chi connectivity index (χ0) is 31.6. The maximum atomic E-state index is 15.2. The molecule has 5 aliphatic rings. The molecule has 7 heteroatoms. The van der Waals surface area contributed by atoms with E-state index in [0.717, 1.165) is 51.4 Å². The molecule has 4 fully saturated rings. The molecular weight excluding hydrogens is 553 g/mol. The molecule has 0 spiro atoms. The van der Waals surface area contributed by atoms with Crippen molar-refractivity contribution in [3.8, 4) is 0 Å². The number of halogens is 3. The van der Waals surface area contributed by atoms with Gasteiger partial charge in [-0.3, -0.25) is 4.79 Å². The molecule has 0 aromatic carbocycles. The molecule has 0 amide bonds. The van der Waals surface area contributed by atoms with Crippen LogP contribution in [0.1, 0.15) is 113 Å². The van der Waals surface area contributed by atoms with Crippen LogP contribution in [0.5, 0.6) is 0 Å². The number of carbonyl (C=O) groups is 1. The van der Waals surface area contributed by atoms with Gasteiger partial charge in [0, 0.05) is 5.41 Å². The maximum Gasteiger partial charge on any atom is 0.416 e. The molecule has 4 saturated carbocycles. The Hall–Kier alpha value is -0.823. The Kier molecular flexibility index (Phi) is 7.26. The summed E-state index contributed by atoms with van der Waals surface area (Å²) in [6, 6.07) is 0. The van der Waals surface area contributed by atoms with E-state index in [2.05, 4.69) is 40.7 Å². The molecule has 5 aliphatic carbocycles. The fourth-order valence-electron chi connectivity index (χ4n) is 12.0. The van der Waals surface area contributed by atoms with Gasteiger partial charge in [0.05, 0.1) is 12.5 Å². The molecule has 0 N–H and O–H groups in total. The van der Waals surface area contributed by atoms with E-state index >= 15 is 13.2 Å². The van der Waals surface area contributed by atoms with Crippen molar-refractivity contribution in [2.24, 2.45) is 50.2 Å². The molecule has 0 saturated heterocycles. The molecule has 3 nitrogen and oxygen atoms in total. The van der Waals surface area contributed by atoms with Crippen molar-refractivity contribution >= 4 is 14.3 Å². The number of carbonyl (C=O) groups excluding carboxylic acids is 1. The number of fused-ring (bicyclic) bond motifs is 7. The molecule has 0 unspecified atom stereocenters. The van der Waals surface area contributed by atoms with E-state index in [-0.39, 0.29) is 51.8 Å². The summed E-state index contributed by atoms with van der Waals surface area (Å²) in [6.45, 7) is 21.3. The second kappa shape index (κ2) is 9.36. The van der Waals surface area contributed by atoms with Crippen molar-refractivity contribution < 1.29 is 27.1 Å². The summed E-state index contributed by atoms with van der Waals surface area (Å²) >= 11 is 0. The zero-order valence-electron chi connectivity index (χ0n) is 28.2. The number of hydrogen-bond donors (Lipinski definition) is 0. The fraction of sp³-hybridized carbons (Fsp3) is 0.914. The summed E-state index contributed by atoms with van der Waals surface area (Å²) in [5.41, 5.74) is -2.33. The Bertz CT molecular complexity index is 1150. The smallest absolute Gasteiger partial charge is 0.416 e. The minimum Gasteiger partial charge on any atom is -0.469 e. The number of hydrogen-bond acceptors (Lipinski definition) is 3. The van der Waals surface area contributed by atoms with Gasteiger partial charge in [-0.15, -0.1) is 0 Å². The van der Waals surface area contributed by atoms with Gasteiger partial charge < -0.3 is 9.16 Å². The van der Waals surface area contributed by atoms with E-state index < -0.39 is 30.9 Å². The van der Waals surface area contributed by atoms with Crippen LogP contribution in [0.2, 0.25) is 19.6 Å². The van der Waals surface area contributed by atoms with Crippen LogP contribution in [-0.2, 0) is 14.0 Å². The monoisotopic (exact) mass is 610 g/mol. The van der Waals surface area contributed by atoms with Crippen molar-refractivity contribution in [2.75, 3.05) is 7.11 Å². The SMILES string of the molecule is COC(=O)[C@]12CCC(C)(C)C[C@H]1C1=CC[C@@H]3[C@@]4(C)CC[C@@](O[Si](C)(C)C)(C(F)(F)F)C(C)(C)[C@@H]4CC[C@@]3(C)[C@]1(C)CC2. The van der Waals surface area contributed by atoms with E-state index in [9.17, 15) is 4.79 Å². The third kappa shape index (κ3) is 4.16. The Labute approximate surface area is 254 Å². The molecule has 0 bridgehead atoms. The minimum atomic E-state index is -4.42. The second-order valence-corrected chi connectivity index (χ2v) is 22.6. The normalized spacial score (nSPS) is 46.3. The van der Waals surface area contributed by atoms with Crippen molar-refractivity contribution in [2.45, 2.75) is 144 Å². The molecule has 0 aromatic rings. The third-order valence-corrected chi connectivity index (χ3v) is 15.3. The highest BCUT2D eigenvalue weighted by atomic mass is 28.4. The van der Waals surface area contributed by atoms with E-state index in [1.165, 1.54) is 12.7 Å². The number of ether oxygens (including phenoxy) is 1. The van der Waals surface area contributed by atoms with Gasteiger partial charge in [-0.05, 0) is 123 Å². The van der Waals surface area contributed by atoms with Gasteiger partial charge in [0.15, 0.2) is 13.9 Å². The number of allylic oxidation sites excluding steroid dienone is 2. The average Bonchev–Trinajstić information content (AvgIpc) is 2.84. The molecule has 0 radical (unpaired) electrons. The van der Waals surface area contributed by atoms with Gasteiger partial charge >= 0.3 is 12.1 Å². The number of methoxy groups -OCH3 is 1. The molecule has 0 aromatic heterocycles. The van der Waals surface area contributed by atoms with Crippen LogP contribution in [0, 0.1) is 50.2 Å². The van der Waals surface area contributed by atoms with Crippen LogP contribution in [0.3, 0.4) is 0 Å². The fourth-order valence-corrected chi connectivity index (χ4v) is 13.6. The minimum absolute atomic E-state index is 0.0307. The van der Waals surface area contributed by atoms with Crippen LogP contribution < -0.4 is 0 Å². The van der Waals surface area contributed by atoms with Gasteiger partial charge in [-0.1, -0.05) is 60.1 Å². The topological polar surface area (TPSA) is 35.5 Å². The Morgan fingerprint density at radius 3 is 2.07 bits per heavy atom. The predicted octanol–water partition coefficient (Wildman–Crippen LogP) is 10.1. The van der Waals surface area contributed by atoms with Crippen molar-refractivity contribution in [3.05, 3.63) is 11.6 Å². The van der Waals surface area contributed by atoms with Gasteiger partial charge in [-0.25, -0.2) is 0 Å². The van der Waals surface area contributed by atoms with Gasteiger partial charge in [0.1, 0.15) is 0 Å². The van der Waals surface area contributed by atoms with E-state index in [4.69, 9.17) is 9.16 Å². The molecule has 8 atom stereocenters. The lowest BCUT2D eigenvalue weighted by Gasteiger charge is -2.72. The first-order valence-electron chi connectivity index (χ1n) is 16.5. The average molecular weight is 611 g/mol. The number of esters is 1. The third-order valence-electron chi connectivity index (χ3n) is 14.4. The van der Waals surface area contributed by atoms with Crippen LogP contribution >= 0.6 is 0 Å². The predicted molar refractivity (Wildman–Crippen MR) is 164 cm³/mol. The molecule has 42 heavy (non-hydrogen) atoms. The Morgan fingerprint density at radius 1 is 0.881 bits per heavy atom. The molecular formula is C35H57F3O3Si. The van der Waals surface area contributed by atoms with E-state index in [1.54, 1.807) is 0 Å². The summed E-state index contributed by atoms with van der Waals surface area (Å²) in [6.07, 6.45) is 5.85. The highest BCUT2D eigenvalue weighted by Crippen LogP contribution is 2.77. The van der Waals surface area contributed by atoms with Crippen LogP contribution in [-0.4, -0.2) is 33.2 Å². The van der Waals surface area contributed by atoms with E-state index in [0.29, 0.717) is 6.42 Å². The summed E-state index contributed by atoms with van der Waals surface area (Å²) in [5.74, 6) is 0.326. The summed E-state index contributed by atoms with van der Waals surface area (Å²) in [5, 5.41) is 0. The first kappa shape index (κ1) is 32.6. The number of rotatable bonds is 3. The quantitative estimate of drug-likeness (QED) is 0.181. The van der Waals surface area contributed by atoms with Gasteiger partial charge in [-0.2, -0.15) is 13.2 Å². The summed E-state index contributed by atoms with van der Waals surface area (Å²) in [4.78, 5) is 13.5. The molecule has 5 rings (SSSR count). The standard InChI is InChI=1S/C35H57F3O3Si/c1-28(2)16-19-33(27(39)40-8)20-18-31(6)23(24(33)22-28)12-13-26-30(5)17-21-34(35(36,37)38,41-42(9,10)11)29(3,4)25(30)14-15-32(26,31)7/h12,24-26H,13-22H2,1-11H3/t24-,25-,26+,30-,31+,32+,33-,34-/m0/s1. The van der Waals surface area contributed by atoms with Crippen LogP contribution in [0.15, 0.2) is 11.6 Å². The first-order chi connectivity index (χ1) is 19.0. The second-order valence-electron chi connectivity index (χ2n) is 18.1. The van der Waals surface area contributed by atoms with Crippen molar-refractivity contribution in [1.29, 1.82) is 0 Å². The molecule has 0 aliphatic heterocycles. The van der Waals surface area contributed by atoms with E-state index in [1.807, 2.05) is 33.5 Å². The van der Waals surface area contributed by atoms with Crippen molar-refractivity contribution in [3.63, 3.8) is 0 Å². The van der Waals surface area contributed by atoms with Gasteiger partial charge in [0.25, 0.3) is 0 Å². The van der Waals surface area contributed by atoms with Crippen LogP contribution in [0.4, 0.5) is 13.2 Å². The maximum absolute atomic E-state index is 15.2. The lowest BCUT2D eigenvalue weighted by atomic mass is 9.33. The molecule has 0 heterocycles. The Morgan fingerprint density at radius 2 is 1.50 bits per heavy atom. The largest absolute Gasteiger partial charge is 0.469 e. The highest BCUT2D eigenvalue weighted by Gasteiger charge is 2.75. The lowest BCUT2D eigenvalue weighted by Crippen LogP contribution is -2.71. The first-order valence-corrected chi connectivity index (χ1v) is 19.9. The zero-order valence-corrected chi connectivity index (χ0v) is 29.2.